The summed E-state index contributed by atoms with van der Waals surface area (Å²) in [6.07, 6.45) is 7.00. The molecular formula is C35H36N10O2S2. The van der Waals surface area contributed by atoms with Gasteiger partial charge >= 0.3 is 12.1 Å². The smallest absolute Gasteiger partial charge is 0.319 e. The number of carbonyl (C=O) groups is 2. The van der Waals surface area contributed by atoms with E-state index >= 15 is 0 Å². The predicted molar refractivity (Wildman–Crippen MR) is 190 cm³/mol. The summed E-state index contributed by atoms with van der Waals surface area (Å²) < 4.78 is 0. The average Bonchev–Trinajstić information content (AvgIpc) is 3.99. The first-order chi connectivity index (χ1) is 24.0. The van der Waals surface area contributed by atoms with E-state index in [2.05, 4.69) is 22.4 Å². The molecule has 0 bridgehead atoms. The monoisotopic (exact) mass is 692 g/mol. The lowest BCUT2D eigenvalue weighted by atomic mass is 10.2. The van der Waals surface area contributed by atoms with Crippen LogP contribution in [0.25, 0.3) is 22.5 Å². The molecule has 2 aromatic heterocycles. The van der Waals surface area contributed by atoms with Gasteiger partial charge in [-0.15, -0.1) is 22.7 Å². The van der Waals surface area contributed by atoms with Crippen molar-refractivity contribution in [3.05, 3.63) is 71.4 Å². The largest absolute Gasteiger partial charge is 0.326 e. The molecule has 4 aromatic rings. The molecule has 12 nitrogen and oxygen atoms in total. The highest BCUT2D eigenvalue weighted by atomic mass is 32.1. The molecule has 2 atom stereocenters. The second-order valence-corrected chi connectivity index (χ2v) is 14.0. The van der Waals surface area contributed by atoms with Crippen LogP contribution in [0.4, 0.5) is 19.9 Å². The lowest BCUT2D eigenvalue weighted by molar-refractivity contribution is 0.172. The highest BCUT2D eigenvalue weighted by Gasteiger charge is 2.39. The van der Waals surface area contributed by atoms with Crippen molar-refractivity contribution in [2.45, 2.75) is 31.3 Å². The zero-order valence-corrected chi connectivity index (χ0v) is 28.6. The summed E-state index contributed by atoms with van der Waals surface area (Å²) in [5.41, 5.74) is 3.93. The van der Waals surface area contributed by atoms with Gasteiger partial charge in [0.15, 0.2) is 22.6 Å². The van der Waals surface area contributed by atoms with Crippen molar-refractivity contribution in [2.24, 2.45) is 0 Å². The highest BCUT2D eigenvalue weighted by molar-refractivity contribution is 7.14. The van der Waals surface area contributed by atoms with E-state index in [0.717, 1.165) is 71.7 Å². The van der Waals surface area contributed by atoms with Crippen molar-refractivity contribution in [2.75, 3.05) is 62.2 Å². The van der Waals surface area contributed by atoms with Crippen LogP contribution in [0.1, 0.15) is 19.3 Å². The Labute approximate surface area is 293 Å². The van der Waals surface area contributed by atoms with Crippen molar-refractivity contribution >= 4 is 45.0 Å². The molecule has 250 valence electrons. The Hall–Kier alpha value is -5.18. The molecule has 4 fully saturated rings. The van der Waals surface area contributed by atoms with Crippen molar-refractivity contribution in [3.8, 4) is 34.9 Å². The SMILES string of the molecule is N#CN1CC[C@@H](N2CCCN(c3nc(-c4ccccc4)cs3)C2=O)C1.N#CN1CC[C@@H](N2CCN(c3nc(-c4ccccc4)cs3)C2=O)C1. The summed E-state index contributed by atoms with van der Waals surface area (Å²) in [5.74, 6) is 0. The van der Waals surface area contributed by atoms with Crippen LogP contribution in [-0.2, 0) is 0 Å². The molecule has 4 amide bonds. The van der Waals surface area contributed by atoms with Gasteiger partial charge in [-0.3, -0.25) is 9.80 Å². The molecule has 0 N–H and O–H groups in total. The van der Waals surface area contributed by atoms with Crippen LogP contribution >= 0.6 is 22.7 Å². The number of urea groups is 2. The van der Waals surface area contributed by atoms with Crippen LogP contribution in [-0.4, -0.2) is 106 Å². The Morgan fingerprint density at radius 3 is 1.55 bits per heavy atom. The Balaban J connectivity index is 0.000000154. The number of carbonyl (C=O) groups excluding carboxylic acids is 2. The second kappa shape index (κ2) is 14.5. The quantitative estimate of drug-likeness (QED) is 0.239. The summed E-state index contributed by atoms with van der Waals surface area (Å²) in [5, 5.41) is 23.5. The fourth-order valence-electron chi connectivity index (χ4n) is 6.77. The third-order valence-electron chi connectivity index (χ3n) is 9.37. The van der Waals surface area contributed by atoms with Gasteiger partial charge in [0.1, 0.15) is 0 Å². The molecule has 14 heteroatoms. The van der Waals surface area contributed by atoms with Crippen LogP contribution in [0.5, 0.6) is 0 Å². The van der Waals surface area contributed by atoms with Gasteiger partial charge in [-0.25, -0.2) is 19.6 Å². The van der Waals surface area contributed by atoms with Gasteiger partial charge < -0.3 is 19.6 Å². The molecule has 4 aliphatic heterocycles. The molecule has 0 aliphatic carbocycles. The van der Waals surface area contributed by atoms with Gasteiger partial charge in [-0.1, -0.05) is 60.7 Å². The van der Waals surface area contributed by atoms with Crippen molar-refractivity contribution in [1.82, 2.24) is 29.6 Å². The number of nitrogens with zero attached hydrogens (tertiary/aromatic N) is 10. The maximum Gasteiger partial charge on any atom is 0.326 e. The van der Waals surface area contributed by atoms with Crippen molar-refractivity contribution < 1.29 is 9.59 Å². The highest BCUT2D eigenvalue weighted by Crippen LogP contribution is 2.32. The Morgan fingerprint density at radius 1 is 0.612 bits per heavy atom. The van der Waals surface area contributed by atoms with Gasteiger partial charge in [0.2, 0.25) is 0 Å². The zero-order chi connectivity index (χ0) is 33.7. The molecule has 0 saturated carbocycles. The van der Waals surface area contributed by atoms with Crippen LogP contribution in [0.15, 0.2) is 71.4 Å². The number of nitriles is 2. The topological polar surface area (TPSA) is 127 Å². The van der Waals surface area contributed by atoms with E-state index in [1.54, 1.807) is 19.6 Å². The lowest BCUT2D eigenvalue weighted by Gasteiger charge is -2.37. The summed E-state index contributed by atoms with van der Waals surface area (Å²) in [6.45, 7) is 5.57. The zero-order valence-electron chi connectivity index (χ0n) is 27.0. The number of rotatable bonds is 6. The molecule has 0 radical (unpaired) electrons. The normalized spacial score (nSPS) is 20.8. The summed E-state index contributed by atoms with van der Waals surface area (Å²) in [4.78, 5) is 45.8. The van der Waals surface area contributed by atoms with Crippen molar-refractivity contribution in [1.29, 1.82) is 10.5 Å². The maximum absolute atomic E-state index is 13.0. The molecule has 4 saturated heterocycles. The standard InChI is InChI=1S/C18H19N5OS.C17H17N5OS/c19-13-21-10-7-15(11-21)22-8-4-9-23(18(22)24)17-20-16(12-25-17)14-5-2-1-3-6-14;18-12-20-7-6-14(10-20)21-8-9-22(17(21)23)16-19-15(11-24-16)13-4-2-1-3-5-13/h1-3,5-6,12,15H,4,7-11H2;1-5,11,14H,6-10H2/t15-;14-/m11/s1. The van der Waals surface area contributed by atoms with Crippen LogP contribution in [0, 0.1) is 22.9 Å². The molecule has 0 unspecified atom stereocenters. The minimum atomic E-state index is 0.00810. The molecule has 49 heavy (non-hydrogen) atoms. The van der Waals surface area contributed by atoms with E-state index < -0.39 is 0 Å². The number of thiazole rings is 2. The van der Waals surface area contributed by atoms with E-state index in [-0.39, 0.29) is 24.1 Å². The fraction of sp³-hybridized carbons (Fsp3) is 0.371. The van der Waals surface area contributed by atoms with Crippen LogP contribution in [0.2, 0.25) is 0 Å². The maximum atomic E-state index is 13.0. The molecule has 4 aliphatic rings. The Kier molecular flexibility index (Phi) is 9.59. The summed E-state index contributed by atoms with van der Waals surface area (Å²) >= 11 is 3.01. The van der Waals surface area contributed by atoms with Crippen LogP contribution in [0.3, 0.4) is 0 Å². The number of hydrogen-bond acceptors (Lipinski definition) is 10. The van der Waals surface area contributed by atoms with Gasteiger partial charge in [0, 0.05) is 74.2 Å². The minimum absolute atomic E-state index is 0.00810. The average molecular weight is 693 g/mol. The van der Waals surface area contributed by atoms with E-state index in [4.69, 9.17) is 10.5 Å². The van der Waals surface area contributed by atoms with Gasteiger partial charge in [-0.2, -0.15) is 10.5 Å². The van der Waals surface area contributed by atoms with E-state index in [1.165, 1.54) is 22.7 Å². The third kappa shape index (κ3) is 6.88. The fourth-order valence-corrected chi connectivity index (χ4v) is 8.47. The number of anilines is 2. The van der Waals surface area contributed by atoms with Gasteiger partial charge in [0.25, 0.3) is 0 Å². The Bertz CT molecular complexity index is 1850. The van der Waals surface area contributed by atoms with Crippen molar-refractivity contribution in [3.63, 3.8) is 0 Å². The number of likely N-dealkylation sites (tertiary alicyclic amines) is 2. The van der Waals surface area contributed by atoms with E-state index in [1.807, 2.05) is 81.2 Å². The number of aromatic nitrogens is 2. The third-order valence-corrected chi connectivity index (χ3v) is 11.1. The Morgan fingerprint density at radius 2 is 1.08 bits per heavy atom. The predicted octanol–water partition coefficient (Wildman–Crippen LogP) is 5.61. The molecule has 0 spiro atoms. The van der Waals surface area contributed by atoms with E-state index in [9.17, 15) is 9.59 Å². The minimum Gasteiger partial charge on any atom is -0.319 e. The lowest BCUT2D eigenvalue weighted by Crippen LogP contribution is -2.54. The summed E-state index contributed by atoms with van der Waals surface area (Å²) in [7, 11) is 0. The second-order valence-electron chi connectivity index (χ2n) is 12.3. The molecular weight excluding hydrogens is 657 g/mol. The number of amides is 4. The van der Waals surface area contributed by atoms with Gasteiger partial charge in [0.05, 0.1) is 23.5 Å². The first kappa shape index (κ1) is 32.4. The molecule has 2 aromatic carbocycles. The molecule has 8 rings (SSSR count). The van der Waals surface area contributed by atoms with E-state index in [0.29, 0.717) is 32.7 Å². The first-order valence-electron chi connectivity index (χ1n) is 16.5. The van der Waals surface area contributed by atoms with Crippen LogP contribution < -0.4 is 9.80 Å². The molecule has 6 heterocycles. The summed E-state index contributed by atoms with van der Waals surface area (Å²) in [6, 6.07) is 20.3. The number of benzene rings is 2. The number of hydrogen-bond donors (Lipinski definition) is 0. The van der Waals surface area contributed by atoms with Gasteiger partial charge in [-0.05, 0) is 19.3 Å². The first-order valence-corrected chi connectivity index (χ1v) is 18.3.